The van der Waals surface area contributed by atoms with Crippen molar-refractivity contribution in [2.45, 2.75) is 6.42 Å². The van der Waals surface area contributed by atoms with Gasteiger partial charge in [-0.05, 0) is 7.05 Å². The van der Waals surface area contributed by atoms with Crippen molar-refractivity contribution in [3.8, 4) is 0 Å². The van der Waals surface area contributed by atoms with Crippen LogP contribution in [0.15, 0.2) is 0 Å². The highest BCUT2D eigenvalue weighted by Crippen LogP contribution is 1.94. The zero-order chi connectivity index (χ0) is 13.4. The number of likely N-dealkylation sites (N-methyl/N-ethyl adjacent to an activating group) is 1. The molecule has 0 aliphatic carbocycles. The third-order valence-electron chi connectivity index (χ3n) is 2.99. The van der Waals surface area contributed by atoms with Gasteiger partial charge in [0.25, 0.3) is 0 Å². The Morgan fingerprint density at radius 3 is 2.61 bits per heavy atom. The van der Waals surface area contributed by atoms with E-state index in [4.69, 9.17) is 5.73 Å². The lowest BCUT2D eigenvalue weighted by Gasteiger charge is -2.29. The molecule has 1 rings (SSSR count). The number of carbonyl (C=O) groups is 2. The van der Waals surface area contributed by atoms with Crippen molar-refractivity contribution >= 4 is 11.9 Å². The van der Waals surface area contributed by atoms with Gasteiger partial charge in [0.1, 0.15) is 0 Å². The summed E-state index contributed by atoms with van der Waals surface area (Å²) < 4.78 is 0. The van der Waals surface area contributed by atoms with Gasteiger partial charge in [-0.2, -0.15) is 0 Å². The van der Waals surface area contributed by atoms with Gasteiger partial charge in [0.05, 0.1) is 0 Å². The van der Waals surface area contributed by atoms with Crippen molar-refractivity contribution in [1.82, 2.24) is 20.4 Å². The van der Waals surface area contributed by atoms with Crippen molar-refractivity contribution in [1.29, 1.82) is 0 Å². The Kier molecular flexibility index (Phi) is 6.63. The van der Waals surface area contributed by atoms with Crippen LogP contribution in [0.4, 0.5) is 4.79 Å². The van der Waals surface area contributed by atoms with E-state index in [1.807, 2.05) is 7.05 Å². The predicted octanol–water partition coefficient (Wildman–Crippen LogP) is -1.59. The molecular formula is C11H23N5O2. The van der Waals surface area contributed by atoms with Gasteiger partial charge in [-0.25, -0.2) is 4.79 Å². The molecule has 0 spiro atoms. The molecule has 0 radical (unpaired) electrons. The molecule has 0 aromatic heterocycles. The van der Waals surface area contributed by atoms with E-state index < -0.39 is 6.03 Å². The van der Waals surface area contributed by atoms with Crippen molar-refractivity contribution in [2.75, 3.05) is 52.9 Å². The first kappa shape index (κ1) is 14.9. The van der Waals surface area contributed by atoms with Crippen LogP contribution in [0.2, 0.25) is 0 Å². The summed E-state index contributed by atoms with van der Waals surface area (Å²) in [7, 11) is 1.97. The zero-order valence-electron chi connectivity index (χ0n) is 10.9. The highest BCUT2D eigenvalue weighted by atomic mass is 16.2. The number of primary amides is 1. The summed E-state index contributed by atoms with van der Waals surface area (Å²) in [4.78, 5) is 26.1. The summed E-state index contributed by atoms with van der Waals surface area (Å²) >= 11 is 0. The maximum absolute atomic E-state index is 11.2. The lowest BCUT2D eigenvalue weighted by molar-refractivity contribution is -0.120. The lowest BCUT2D eigenvalue weighted by Crippen LogP contribution is -2.46. The summed E-state index contributed by atoms with van der Waals surface area (Å²) in [6, 6.07) is -0.788. The molecule has 0 aromatic rings. The predicted molar refractivity (Wildman–Crippen MR) is 69.1 cm³/mol. The molecule has 3 amide bonds. The standard InChI is InChI=1S/C11H23N5O2/c1-15(5-2-10(17)14-11(12)18)8-9-16-6-3-13-4-7-16/h13H,2-9H2,1H3,(H3,12,14,17,18). The second-order valence-electron chi connectivity index (χ2n) is 4.56. The second-order valence-corrected chi connectivity index (χ2v) is 4.56. The van der Waals surface area contributed by atoms with Gasteiger partial charge >= 0.3 is 6.03 Å². The average molecular weight is 257 g/mol. The molecule has 1 saturated heterocycles. The van der Waals surface area contributed by atoms with Gasteiger partial charge in [0.15, 0.2) is 0 Å². The number of carbonyl (C=O) groups excluding carboxylic acids is 2. The molecule has 0 unspecified atom stereocenters. The summed E-state index contributed by atoms with van der Waals surface area (Å²) in [5.74, 6) is -0.323. The van der Waals surface area contributed by atoms with Crippen LogP contribution in [-0.2, 0) is 4.79 Å². The van der Waals surface area contributed by atoms with E-state index in [9.17, 15) is 9.59 Å². The van der Waals surface area contributed by atoms with Gasteiger partial charge in [0.2, 0.25) is 5.91 Å². The third kappa shape index (κ3) is 6.53. The number of piperazine rings is 1. The maximum Gasteiger partial charge on any atom is 0.318 e. The normalized spacial score (nSPS) is 16.8. The van der Waals surface area contributed by atoms with Crippen LogP contribution < -0.4 is 16.4 Å². The van der Waals surface area contributed by atoms with Crippen molar-refractivity contribution in [3.05, 3.63) is 0 Å². The number of hydrogen-bond acceptors (Lipinski definition) is 5. The van der Waals surface area contributed by atoms with Crippen LogP contribution in [0.5, 0.6) is 0 Å². The Labute approximate surface area is 108 Å². The van der Waals surface area contributed by atoms with Gasteiger partial charge in [-0.3, -0.25) is 15.0 Å². The Hall–Kier alpha value is -1.18. The van der Waals surface area contributed by atoms with Crippen molar-refractivity contribution in [3.63, 3.8) is 0 Å². The molecule has 7 nitrogen and oxygen atoms in total. The summed E-state index contributed by atoms with van der Waals surface area (Å²) in [6.45, 7) is 6.81. The first-order chi connectivity index (χ1) is 8.58. The van der Waals surface area contributed by atoms with Crippen LogP contribution in [0.3, 0.4) is 0 Å². The number of hydrogen-bond donors (Lipinski definition) is 3. The number of urea groups is 1. The third-order valence-corrected chi connectivity index (χ3v) is 2.99. The number of imide groups is 1. The van der Waals surface area contributed by atoms with E-state index in [0.29, 0.717) is 13.0 Å². The molecule has 1 aliphatic heterocycles. The van der Waals surface area contributed by atoms with E-state index in [1.165, 1.54) is 0 Å². The Morgan fingerprint density at radius 2 is 2.00 bits per heavy atom. The molecule has 7 heteroatoms. The minimum Gasteiger partial charge on any atom is -0.351 e. The van der Waals surface area contributed by atoms with Crippen LogP contribution in [0.1, 0.15) is 6.42 Å². The Bertz CT molecular complexity index is 279. The number of amides is 3. The van der Waals surface area contributed by atoms with Crippen LogP contribution in [0, 0.1) is 0 Å². The quantitative estimate of drug-likeness (QED) is 0.533. The number of nitrogens with two attached hydrogens (primary N) is 1. The smallest absolute Gasteiger partial charge is 0.318 e. The highest BCUT2D eigenvalue weighted by molar-refractivity contribution is 5.93. The topological polar surface area (TPSA) is 90.7 Å². The molecule has 1 aliphatic rings. The molecule has 18 heavy (non-hydrogen) atoms. The molecule has 104 valence electrons. The molecule has 0 saturated carbocycles. The van der Waals surface area contributed by atoms with Gasteiger partial charge in [0, 0.05) is 52.2 Å². The summed E-state index contributed by atoms with van der Waals surface area (Å²) in [5.41, 5.74) is 4.86. The molecule has 0 aromatic carbocycles. The number of rotatable bonds is 6. The van der Waals surface area contributed by atoms with E-state index >= 15 is 0 Å². The van der Waals surface area contributed by atoms with Crippen molar-refractivity contribution in [2.24, 2.45) is 5.73 Å². The fourth-order valence-electron chi connectivity index (χ4n) is 1.85. The zero-order valence-corrected chi connectivity index (χ0v) is 10.9. The van der Waals surface area contributed by atoms with Gasteiger partial charge < -0.3 is 16.0 Å². The van der Waals surface area contributed by atoms with Crippen LogP contribution >= 0.6 is 0 Å². The SMILES string of the molecule is CN(CCC(=O)NC(N)=O)CCN1CCNCC1. The lowest BCUT2D eigenvalue weighted by atomic mass is 10.3. The van der Waals surface area contributed by atoms with Crippen LogP contribution in [0.25, 0.3) is 0 Å². The van der Waals surface area contributed by atoms with E-state index in [1.54, 1.807) is 0 Å². The Balaban J connectivity index is 2.07. The largest absolute Gasteiger partial charge is 0.351 e. The molecule has 0 bridgehead atoms. The number of nitrogens with zero attached hydrogens (tertiary/aromatic N) is 2. The minimum absolute atomic E-state index is 0.293. The van der Waals surface area contributed by atoms with Crippen LogP contribution in [-0.4, -0.2) is 74.6 Å². The fraction of sp³-hybridized carbons (Fsp3) is 0.818. The Morgan fingerprint density at radius 1 is 1.33 bits per heavy atom. The molecule has 4 N–H and O–H groups in total. The van der Waals surface area contributed by atoms with E-state index in [2.05, 4.69) is 20.4 Å². The first-order valence-corrected chi connectivity index (χ1v) is 6.29. The minimum atomic E-state index is -0.788. The highest BCUT2D eigenvalue weighted by Gasteiger charge is 2.11. The molecule has 1 heterocycles. The monoisotopic (exact) mass is 257 g/mol. The maximum atomic E-state index is 11.2. The average Bonchev–Trinajstić information content (AvgIpc) is 2.34. The van der Waals surface area contributed by atoms with E-state index in [0.717, 1.165) is 39.3 Å². The summed E-state index contributed by atoms with van der Waals surface area (Å²) in [5, 5.41) is 5.37. The molecule has 1 fully saturated rings. The van der Waals surface area contributed by atoms with Gasteiger partial charge in [-0.15, -0.1) is 0 Å². The van der Waals surface area contributed by atoms with E-state index in [-0.39, 0.29) is 5.91 Å². The molecular weight excluding hydrogens is 234 g/mol. The fourth-order valence-corrected chi connectivity index (χ4v) is 1.85. The number of nitrogens with one attached hydrogen (secondary N) is 2. The first-order valence-electron chi connectivity index (χ1n) is 6.29. The molecule has 0 atom stereocenters. The van der Waals surface area contributed by atoms with Gasteiger partial charge in [-0.1, -0.05) is 0 Å². The van der Waals surface area contributed by atoms with Crippen molar-refractivity contribution < 1.29 is 9.59 Å². The second kappa shape index (κ2) is 8.02. The summed E-state index contributed by atoms with van der Waals surface area (Å²) in [6.07, 6.45) is 0.293.